The van der Waals surface area contributed by atoms with E-state index in [1.165, 1.54) is 12.3 Å². The van der Waals surface area contributed by atoms with Crippen molar-refractivity contribution in [2.75, 3.05) is 6.54 Å². The normalized spacial score (nSPS) is 15.9. The number of fused-ring (bicyclic) bond motifs is 1. The lowest BCUT2D eigenvalue weighted by Gasteiger charge is -2.14. The van der Waals surface area contributed by atoms with Crippen molar-refractivity contribution in [1.29, 1.82) is 0 Å². The summed E-state index contributed by atoms with van der Waals surface area (Å²) in [6, 6.07) is 1.24. The lowest BCUT2D eigenvalue weighted by Crippen LogP contribution is -2.34. The molecule has 1 N–H and O–H groups in total. The Balaban J connectivity index is 2.52. The van der Waals surface area contributed by atoms with Crippen LogP contribution in [0.5, 0.6) is 0 Å². The van der Waals surface area contributed by atoms with Gasteiger partial charge in [-0.25, -0.2) is 4.39 Å². The lowest BCUT2D eigenvalue weighted by molar-refractivity contribution is 0.0928. The van der Waals surface area contributed by atoms with Gasteiger partial charge in [-0.15, -0.1) is 0 Å². The van der Waals surface area contributed by atoms with Crippen LogP contribution in [0.1, 0.15) is 10.5 Å². The maximum atomic E-state index is 12.6. The van der Waals surface area contributed by atoms with Crippen LogP contribution in [0.15, 0.2) is 12.3 Å². The quantitative estimate of drug-likeness (QED) is 0.575. The number of hydrogen-bond acceptors (Lipinski definition) is 1. The molecule has 0 saturated heterocycles. The Hall–Kier alpha value is -1.32. The molecule has 1 aromatic rings. The maximum Gasteiger partial charge on any atom is 0.268 e. The van der Waals surface area contributed by atoms with E-state index < -0.39 is 0 Å². The summed E-state index contributed by atoms with van der Waals surface area (Å²) in [5.41, 5.74) is 0.411. The summed E-state index contributed by atoms with van der Waals surface area (Å²) in [4.78, 5) is 11.0. The standard InChI is InChI=1S/C7H7FN2O/c8-5-3-6-7(11)9-1-2-10(6)4-5/h3-4H,1-2H2,(H,9,11). The molecule has 58 valence electrons. The molecule has 1 aliphatic rings. The van der Waals surface area contributed by atoms with Gasteiger partial charge >= 0.3 is 0 Å². The third-order valence-corrected chi connectivity index (χ3v) is 1.73. The van der Waals surface area contributed by atoms with Gasteiger partial charge in [0.25, 0.3) is 5.91 Å². The topological polar surface area (TPSA) is 34.0 Å². The van der Waals surface area contributed by atoms with E-state index in [4.69, 9.17) is 0 Å². The number of nitrogens with zero attached hydrogens (tertiary/aromatic N) is 1. The molecule has 1 aliphatic heterocycles. The molecule has 1 amide bonds. The monoisotopic (exact) mass is 154 g/mol. The molecule has 0 unspecified atom stereocenters. The van der Waals surface area contributed by atoms with Crippen LogP contribution in [0, 0.1) is 5.82 Å². The molecule has 2 rings (SSSR count). The second-order valence-electron chi connectivity index (χ2n) is 2.49. The first-order chi connectivity index (χ1) is 5.27. The van der Waals surface area contributed by atoms with Crippen molar-refractivity contribution >= 4 is 5.91 Å². The molecule has 0 aromatic carbocycles. The number of amides is 1. The van der Waals surface area contributed by atoms with Crippen molar-refractivity contribution < 1.29 is 9.18 Å². The van der Waals surface area contributed by atoms with Crippen LogP contribution in [-0.2, 0) is 6.54 Å². The van der Waals surface area contributed by atoms with E-state index in [1.807, 2.05) is 0 Å². The lowest BCUT2D eigenvalue weighted by atomic mass is 10.3. The van der Waals surface area contributed by atoms with Crippen molar-refractivity contribution in [2.45, 2.75) is 6.54 Å². The Labute approximate surface area is 62.8 Å². The highest BCUT2D eigenvalue weighted by molar-refractivity contribution is 5.93. The van der Waals surface area contributed by atoms with Crippen molar-refractivity contribution in [3.05, 3.63) is 23.8 Å². The number of nitrogens with one attached hydrogen (secondary N) is 1. The molecule has 0 radical (unpaired) electrons. The van der Waals surface area contributed by atoms with Gasteiger partial charge in [0.1, 0.15) is 11.5 Å². The number of halogens is 1. The molecule has 11 heavy (non-hydrogen) atoms. The van der Waals surface area contributed by atoms with E-state index >= 15 is 0 Å². The van der Waals surface area contributed by atoms with Crippen LogP contribution in [0.4, 0.5) is 4.39 Å². The van der Waals surface area contributed by atoms with Crippen LogP contribution in [0.2, 0.25) is 0 Å². The second-order valence-corrected chi connectivity index (χ2v) is 2.49. The van der Waals surface area contributed by atoms with Gasteiger partial charge in [-0.2, -0.15) is 0 Å². The smallest absolute Gasteiger partial charge is 0.268 e. The first kappa shape index (κ1) is 6.39. The van der Waals surface area contributed by atoms with E-state index in [0.29, 0.717) is 18.8 Å². The average molecular weight is 154 g/mol. The zero-order valence-corrected chi connectivity index (χ0v) is 5.80. The first-order valence-corrected chi connectivity index (χ1v) is 3.41. The Morgan fingerprint density at radius 2 is 2.45 bits per heavy atom. The molecule has 4 heteroatoms. The minimum atomic E-state index is -0.350. The van der Waals surface area contributed by atoms with E-state index in [0.717, 1.165) is 0 Å². The minimum Gasteiger partial charge on any atom is -0.349 e. The molecule has 0 bridgehead atoms. The Morgan fingerprint density at radius 3 is 3.18 bits per heavy atom. The van der Waals surface area contributed by atoms with Gasteiger partial charge in [0.05, 0.1) is 0 Å². The highest BCUT2D eigenvalue weighted by atomic mass is 19.1. The molecule has 0 aliphatic carbocycles. The second kappa shape index (κ2) is 2.08. The van der Waals surface area contributed by atoms with Gasteiger partial charge < -0.3 is 9.88 Å². The molecule has 0 spiro atoms. The van der Waals surface area contributed by atoms with E-state index in [9.17, 15) is 9.18 Å². The number of carbonyl (C=O) groups excluding carboxylic acids is 1. The fourth-order valence-corrected chi connectivity index (χ4v) is 1.23. The summed E-state index contributed by atoms with van der Waals surface area (Å²) >= 11 is 0. The van der Waals surface area contributed by atoms with Crippen molar-refractivity contribution in [3.63, 3.8) is 0 Å². The van der Waals surface area contributed by atoms with Crippen LogP contribution in [0.25, 0.3) is 0 Å². The van der Waals surface area contributed by atoms with Gasteiger partial charge in [0.2, 0.25) is 0 Å². The van der Waals surface area contributed by atoms with Crippen LogP contribution in [0.3, 0.4) is 0 Å². The summed E-state index contributed by atoms with van der Waals surface area (Å²) in [6.07, 6.45) is 1.34. The Bertz CT molecular complexity index is 305. The van der Waals surface area contributed by atoms with Gasteiger partial charge in [-0.3, -0.25) is 4.79 Å². The molecule has 1 aromatic heterocycles. The predicted octanol–water partition coefficient (Wildman–Crippen LogP) is 0.371. The molecule has 3 nitrogen and oxygen atoms in total. The van der Waals surface area contributed by atoms with Crippen LogP contribution < -0.4 is 5.32 Å². The molecule has 0 fully saturated rings. The van der Waals surface area contributed by atoms with Crippen molar-refractivity contribution in [3.8, 4) is 0 Å². The molecular weight excluding hydrogens is 147 g/mol. The largest absolute Gasteiger partial charge is 0.349 e. The average Bonchev–Trinajstić information content (AvgIpc) is 2.31. The number of aromatic nitrogens is 1. The molecular formula is C7H7FN2O. The van der Waals surface area contributed by atoms with Crippen LogP contribution >= 0.6 is 0 Å². The number of rotatable bonds is 0. The van der Waals surface area contributed by atoms with E-state index in [2.05, 4.69) is 5.32 Å². The third kappa shape index (κ3) is 0.906. The third-order valence-electron chi connectivity index (χ3n) is 1.73. The highest BCUT2D eigenvalue weighted by Gasteiger charge is 2.16. The summed E-state index contributed by atoms with van der Waals surface area (Å²) < 4.78 is 14.2. The Morgan fingerprint density at radius 1 is 1.64 bits per heavy atom. The maximum absolute atomic E-state index is 12.6. The summed E-state index contributed by atoms with van der Waals surface area (Å²) in [7, 11) is 0. The SMILES string of the molecule is O=C1NCCn2cc(F)cc21. The van der Waals surface area contributed by atoms with Gasteiger partial charge in [0.15, 0.2) is 0 Å². The molecule has 0 atom stereocenters. The minimum absolute atomic E-state index is 0.194. The van der Waals surface area contributed by atoms with Gasteiger partial charge in [-0.05, 0) is 0 Å². The predicted molar refractivity (Wildman–Crippen MR) is 36.7 cm³/mol. The molecule has 2 heterocycles. The first-order valence-electron chi connectivity index (χ1n) is 3.41. The zero-order chi connectivity index (χ0) is 7.84. The van der Waals surface area contributed by atoms with Gasteiger partial charge in [-0.1, -0.05) is 0 Å². The van der Waals surface area contributed by atoms with Gasteiger partial charge in [0, 0.05) is 25.4 Å². The van der Waals surface area contributed by atoms with Crippen LogP contribution in [-0.4, -0.2) is 17.0 Å². The summed E-state index contributed by atoms with van der Waals surface area (Å²) in [5.74, 6) is -0.544. The van der Waals surface area contributed by atoms with Crippen molar-refractivity contribution in [2.24, 2.45) is 0 Å². The number of hydrogen-bond donors (Lipinski definition) is 1. The number of carbonyl (C=O) groups is 1. The summed E-state index contributed by atoms with van der Waals surface area (Å²) in [5, 5.41) is 2.63. The summed E-state index contributed by atoms with van der Waals surface area (Å²) in [6.45, 7) is 1.24. The molecule has 0 saturated carbocycles. The van der Waals surface area contributed by atoms with E-state index in [1.54, 1.807) is 4.57 Å². The van der Waals surface area contributed by atoms with Crippen molar-refractivity contribution in [1.82, 2.24) is 9.88 Å². The Kier molecular flexibility index (Phi) is 1.21. The fraction of sp³-hybridized carbons (Fsp3) is 0.286. The fourth-order valence-electron chi connectivity index (χ4n) is 1.23. The van der Waals surface area contributed by atoms with E-state index in [-0.39, 0.29) is 11.7 Å². The zero-order valence-electron chi connectivity index (χ0n) is 5.80. The highest BCUT2D eigenvalue weighted by Crippen LogP contribution is 2.09.